The second-order valence-electron chi connectivity index (χ2n) is 6.42. The number of para-hydroxylation sites is 1. The van der Waals surface area contributed by atoms with Gasteiger partial charge in [-0.3, -0.25) is 4.79 Å². The first kappa shape index (κ1) is 18.2. The van der Waals surface area contributed by atoms with Crippen LogP contribution in [0.4, 0.5) is 5.69 Å². The van der Waals surface area contributed by atoms with E-state index in [2.05, 4.69) is 19.2 Å². The minimum absolute atomic E-state index is 0.0737. The molecule has 0 aliphatic heterocycles. The van der Waals surface area contributed by atoms with Crippen molar-refractivity contribution in [1.29, 1.82) is 0 Å². The van der Waals surface area contributed by atoms with E-state index in [4.69, 9.17) is 0 Å². The van der Waals surface area contributed by atoms with E-state index in [1.807, 2.05) is 25.1 Å². The molecule has 128 valence electrons. The summed E-state index contributed by atoms with van der Waals surface area (Å²) in [6.07, 6.45) is 1.18. The van der Waals surface area contributed by atoms with Crippen LogP contribution in [0.5, 0.6) is 0 Å². The minimum atomic E-state index is -3.13. The van der Waals surface area contributed by atoms with E-state index >= 15 is 0 Å². The molecular weight excluding hydrogens is 322 g/mol. The molecule has 0 fully saturated rings. The Morgan fingerprint density at radius 2 is 1.79 bits per heavy atom. The molecule has 1 N–H and O–H groups in total. The first-order chi connectivity index (χ1) is 11.2. The summed E-state index contributed by atoms with van der Waals surface area (Å²) in [6.45, 7) is 6.12. The second kappa shape index (κ2) is 7.18. The predicted molar refractivity (Wildman–Crippen MR) is 98.2 cm³/mol. The van der Waals surface area contributed by atoms with Gasteiger partial charge in [-0.05, 0) is 41.7 Å². The molecule has 1 amide bonds. The summed E-state index contributed by atoms with van der Waals surface area (Å²) in [5, 5.41) is 2.98. The molecule has 0 unspecified atom stereocenters. The zero-order valence-electron chi connectivity index (χ0n) is 14.5. The van der Waals surface area contributed by atoms with Crippen LogP contribution in [0.1, 0.15) is 46.8 Å². The SMILES string of the molecule is Cc1cccc(C(C)C)c1NC(=O)c1cccc(CS(C)(=O)=O)c1. The molecule has 0 aliphatic rings. The fraction of sp³-hybridized carbons (Fsp3) is 0.316. The van der Waals surface area contributed by atoms with Gasteiger partial charge in [-0.2, -0.15) is 0 Å². The number of sulfone groups is 1. The standard InChI is InChI=1S/C19H23NO3S/c1-13(2)17-10-5-7-14(3)18(17)20-19(21)16-9-6-8-15(11-16)12-24(4,22)23/h5-11,13H,12H2,1-4H3,(H,20,21). The summed E-state index contributed by atoms with van der Waals surface area (Å²) >= 11 is 0. The van der Waals surface area contributed by atoms with Crippen molar-refractivity contribution in [3.8, 4) is 0 Å². The maximum atomic E-state index is 12.6. The van der Waals surface area contributed by atoms with E-state index in [1.54, 1.807) is 24.3 Å². The van der Waals surface area contributed by atoms with Crippen molar-refractivity contribution in [1.82, 2.24) is 0 Å². The van der Waals surface area contributed by atoms with Gasteiger partial charge < -0.3 is 5.32 Å². The summed E-state index contributed by atoms with van der Waals surface area (Å²) < 4.78 is 22.9. The van der Waals surface area contributed by atoms with Crippen LogP contribution in [0.3, 0.4) is 0 Å². The van der Waals surface area contributed by atoms with Crippen LogP contribution in [0.2, 0.25) is 0 Å². The van der Waals surface area contributed by atoms with Crippen LogP contribution in [0, 0.1) is 6.92 Å². The number of aryl methyl sites for hydroxylation is 1. The van der Waals surface area contributed by atoms with Crippen molar-refractivity contribution in [3.63, 3.8) is 0 Å². The summed E-state index contributed by atoms with van der Waals surface area (Å²) in [5.74, 6) is -0.0197. The van der Waals surface area contributed by atoms with Crippen molar-refractivity contribution in [2.75, 3.05) is 11.6 Å². The molecule has 0 aromatic heterocycles. The predicted octanol–water partition coefficient (Wildman–Crippen LogP) is 3.92. The second-order valence-corrected chi connectivity index (χ2v) is 8.56. The zero-order chi connectivity index (χ0) is 17.9. The third-order valence-corrected chi connectivity index (χ3v) is 4.64. The first-order valence-electron chi connectivity index (χ1n) is 7.85. The molecular formula is C19H23NO3S. The Balaban J connectivity index is 2.30. The van der Waals surface area contributed by atoms with Gasteiger partial charge in [0.05, 0.1) is 5.75 Å². The summed E-state index contributed by atoms with van der Waals surface area (Å²) in [5.41, 5.74) is 3.97. The Bertz CT molecular complexity index is 855. The lowest BCUT2D eigenvalue weighted by molar-refractivity contribution is 0.102. The molecule has 0 spiro atoms. The number of anilines is 1. The van der Waals surface area contributed by atoms with Crippen LogP contribution >= 0.6 is 0 Å². The van der Waals surface area contributed by atoms with Gasteiger partial charge in [0, 0.05) is 17.5 Å². The maximum Gasteiger partial charge on any atom is 0.255 e. The van der Waals surface area contributed by atoms with E-state index < -0.39 is 9.84 Å². The largest absolute Gasteiger partial charge is 0.321 e. The topological polar surface area (TPSA) is 63.2 Å². The molecule has 0 saturated carbocycles. The minimum Gasteiger partial charge on any atom is -0.321 e. The lowest BCUT2D eigenvalue weighted by atomic mass is 9.98. The Kier molecular flexibility index (Phi) is 5.44. The van der Waals surface area contributed by atoms with Gasteiger partial charge in [0.2, 0.25) is 0 Å². The molecule has 2 aromatic rings. The smallest absolute Gasteiger partial charge is 0.255 e. The van der Waals surface area contributed by atoms with Gasteiger partial charge in [-0.1, -0.05) is 44.2 Å². The quantitative estimate of drug-likeness (QED) is 0.893. The van der Waals surface area contributed by atoms with Gasteiger partial charge in [0.15, 0.2) is 9.84 Å². The Labute approximate surface area is 143 Å². The number of hydrogen-bond acceptors (Lipinski definition) is 3. The number of nitrogens with one attached hydrogen (secondary N) is 1. The molecule has 0 radical (unpaired) electrons. The van der Waals surface area contributed by atoms with Crippen molar-refractivity contribution in [3.05, 3.63) is 64.7 Å². The molecule has 0 saturated heterocycles. The fourth-order valence-corrected chi connectivity index (χ4v) is 3.42. The molecule has 24 heavy (non-hydrogen) atoms. The van der Waals surface area contributed by atoms with Gasteiger partial charge in [0.1, 0.15) is 0 Å². The van der Waals surface area contributed by atoms with E-state index in [-0.39, 0.29) is 17.6 Å². The van der Waals surface area contributed by atoms with Gasteiger partial charge in [-0.15, -0.1) is 0 Å². The third kappa shape index (κ3) is 4.68. The van der Waals surface area contributed by atoms with Gasteiger partial charge in [-0.25, -0.2) is 8.42 Å². The van der Waals surface area contributed by atoms with Crippen LogP contribution in [0.15, 0.2) is 42.5 Å². The number of carbonyl (C=O) groups excluding carboxylic acids is 1. The number of amides is 1. The molecule has 0 bridgehead atoms. The Morgan fingerprint density at radius 1 is 1.12 bits per heavy atom. The number of carbonyl (C=O) groups is 1. The molecule has 2 aromatic carbocycles. The number of benzene rings is 2. The normalized spacial score (nSPS) is 11.5. The monoisotopic (exact) mass is 345 g/mol. The summed E-state index contributed by atoms with van der Waals surface area (Å²) in [6, 6.07) is 12.7. The number of rotatable bonds is 5. The average molecular weight is 345 g/mol. The molecule has 0 aliphatic carbocycles. The van der Waals surface area contributed by atoms with E-state index in [1.165, 1.54) is 6.26 Å². The summed E-state index contributed by atoms with van der Waals surface area (Å²) in [7, 11) is -3.13. The first-order valence-corrected chi connectivity index (χ1v) is 9.91. The van der Waals surface area contributed by atoms with Gasteiger partial charge in [0.25, 0.3) is 5.91 Å². The Morgan fingerprint density at radius 3 is 2.42 bits per heavy atom. The maximum absolute atomic E-state index is 12.6. The lowest BCUT2D eigenvalue weighted by Crippen LogP contribution is -2.15. The van der Waals surface area contributed by atoms with Crippen molar-refractivity contribution in [2.24, 2.45) is 0 Å². The zero-order valence-corrected chi connectivity index (χ0v) is 15.3. The van der Waals surface area contributed by atoms with Gasteiger partial charge >= 0.3 is 0 Å². The summed E-state index contributed by atoms with van der Waals surface area (Å²) in [4.78, 5) is 12.6. The van der Waals surface area contributed by atoms with E-state index in [0.717, 1.165) is 16.8 Å². The molecule has 2 rings (SSSR count). The van der Waals surface area contributed by atoms with Crippen LogP contribution in [-0.2, 0) is 15.6 Å². The van der Waals surface area contributed by atoms with Crippen LogP contribution in [0.25, 0.3) is 0 Å². The fourth-order valence-electron chi connectivity index (χ4n) is 2.63. The van der Waals surface area contributed by atoms with Crippen molar-refractivity contribution < 1.29 is 13.2 Å². The highest BCUT2D eigenvalue weighted by Crippen LogP contribution is 2.28. The molecule has 0 atom stereocenters. The van der Waals surface area contributed by atoms with Crippen LogP contribution < -0.4 is 5.32 Å². The van der Waals surface area contributed by atoms with E-state index in [0.29, 0.717) is 11.1 Å². The third-order valence-electron chi connectivity index (χ3n) is 3.78. The molecule has 4 nitrogen and oxygen atoms in total. The molecule has 5 heteroatoms. The average Bonchev–Trinajstić information content (AvgIpc) is 2.47. The lowest BCUT2D eigenvalue weighted by Gasteiger charge is -2.16. The van der Waals surface area contributed by atoms with Crippen molar-refractivity contribution >= 4 is 21.4 Å². The highest BCUT2D eigenvalue weighted by molar-refractivity contribution is 7.89. The molecule has 0 heterocycles. The van der Waals surface area contributed by atoms with Crippen LogP contribution in [-0.4, -0.2) is 20.6 Å². The van der Waals surface area contributed by atoms with E-state index in [9.17, 15) is 13.2 Å². The van der Waals surface area contributed by atoms with Crippen molar-refractivity contribution in [2.45, 2.75) is 32.4 Å². The highest BCUT2D eigenvalue weighted by atomic mass is 32.2. The number of hydrogen-bond donors (Lipinski definition) is 1. The Hall–Kier alpha value is -2.14. The highest BCUT2D eigenvalue weighted by Gasteiger charge is 2.14.